The van der Waals surface area contributed by atoms with Crippen LogP contribution in [0.5, 0.6) is 0 Å². The minimum atomic E-state index is -1.41. The van der Waals surface area contributed by atoms with Gasteiger partial charge in [-0.05, 0) is 26.2 Å². The van der Waals surface area contributed by atoms with E-state index in [9.17, 15) is 9.59 Å². The van der Waals surface area contributed by atoms with Crippen molar-refractivity contribution in [2.24, 2.45) is 5.41 Å². The Morgan fingerprint density at radius 2 is 2.07 bits per heavy atom. The second-order valence-corrected chi connectivity index (χ2v) is 3.29. The van der Waals surface area contributed by atoms with Crippen molar-refractivity contribution in [3.63, 3.8) is 0 Å². The Labute approximate surface area is 89.9 Å². The molecule has 0 aliphatic carbocycles. The molecule has 86 valence electrons. The minimum Gasteiger partial charge on any atom is -0.480 e. The number of carbonyl (C=O) groups excluding carboxylic acids is 1. The lowest BCUT2D eigenvalue weighted by Gasteiger charge is -2.24. The summed E-state index contributed by atoms with van der Waals surface area (Å²) in [6.07, 6.45) is 2.56. The normalized spacial score (nSPS) is 14.0. The Balaban J connectivity index is 4.87. The maximum Gasteiger partial charge on any atom is 0.323 e. The van der Waals surface area contributed by atoms with Crippen LogP contribution in [0.1, 0.15) is 33.1 Å². The maximum absolute atomic E-state index is 11.6. The highest BCUT2D eigenvalue weighted by atomic mass is 16.5. The number of esters is 1. The van der Waals surface area contributed by atoms with Crippen LogP contribution in [0.2, 0.25) is 0 Å². The lowest BCUT2D eigenvalue weighted by molar-refractivity contribution is -0.169. The van der Waals surface area contributed by atoms with Gasteiger partial charge in [0.2, 0.25) is 0 Å². The van der Waals surface area contributed by atoms with Crippen molar-refractivity contribution in [3.8, 4) is 0 Å². The van der Waals surface area contributed by atoms with Crippen LogP contribution in [0, 0.1) is 5.41 Å². The molecular formula is C11H18O4. The van der Waals surface area contributed by atoms with Gasteiger partial charge in [-0.1, -0.05) is 13.0 Å². The summed E-state index contributed by atoms with van der Waals surface area (Å²) >= 11 is 0. The number of carbonyl (C=O) groups is 2. The van der Waals surface area contributed by atoms with E-state index in [2.05, 4.69) is 6.58 Å². The molecule has 1 atom stereocenters. The molecule has 0 aliphatic rings. The fourth-order valence-electron chi connectivity index (χ4n) is 1.39. The third-order valence-electron chi connectivity index (χ3n) is 2.45. The van der Waals surface area contributed by atoms with Gasteiger partial charge in [0.25, 0.3) is 0 Å². The summed E-state index contributed by atoms with van der Waals surface area (Å²) in [5.74, 6) is -1.77. The van der Waals surface area contributed by atoms with E-state index in [1.54, 1.807) is 19.9 Å². The molecule has 0 saturated carbocycles. The molecule has 0 aromatic heterocycles. The topological polar surface area (TPSA) is 63.6 Å². The SMILES string of the molecule is C=CCCC(CC)(C(=O)O)C(=O)OCC. The Morgan fingerprint density at radius 3 is 2.40 bits per heavy atom. The first kappa shape index (κ1) is 13.7. The monoisotopic (exact) mass is 214 g/mol. The van der Waals surface area contributed by atoms with Gasteiger partial charge in [0.1, 0.15) is 0 Å². The van der Waals surface area contributed by atoms with Crippen molar-refractivity contribution in [3.05, 3.63) is 12.7 Å². The molecule has 1 unspecified atom stereocenters. The van der Waals surface area contributed by atoms with Crippen LogP contribution in [0.15, 0.2) is 12.7 Å². The maximum atomic E-state index is 11.6. The Hall–Kier alpha value is -1.32. The van der Waals surface area contributed by atoms with Crippen LogP contribution in [-0.4, -0.2) is 23.7 Å². The summed E-state index contributed by atoms with van der Waals surface area (Å²) in [5.41, 5.74) is -1.41. The molecule has 0 fully saturated rings. The molecule has 4 nitrogen and oxygen atoms in total. The van der Waals surface area contributed by atoms with E-state index in [1.165, 1.54) is 0 Å². The van der Waals surface area contributed by atoms with Crippen molar-refractivity contribution in [2.75, 3.05) is 6.61 Å². The van der Waals surface area contributed by atoms with E-state index >= 15 is 0 Å². The molecule has 0 aliphatic heterocycles. The average molecular weight is 214 g/mol. The summed E-state index contributed by atoms with van der Waals surface area (Å²) in [7, 11) is 0. The first-order chi connectivity index (χ1) is 7.05. The average Bonchev–Trinajstić information content (AvgIpc) is 2.19. The molecular weight excluding hydrogens is 196 g/mol. The third-order valence-corrected chi connectivity index (χ3v) is 2.45. The van der Waals surface area contributed by atoms with Gasteiger partial charge < -0.3 is 9.84 Å². The highest BCUT2D eigenvalue weighted by molar-refractivity contribution is 5.99. The Kier molecular flexibility index (Phi) is 5.67. The Bertz CT molecular complexity index is 247. The third kappa shape index (κ3) is 3.08. The molecule has 0 saturated heterocycles. The zero-order valence-electron chi connectivity index (χ0n) is 9.28. The number of rotatable bonds is 7. The number of hydrogen-bond donors (Lipinski definition) is 1. The van der Waals surface area contributed by atoms with Gasteiger partial charge in [-0.25, -0.2) is 0 Å². The van der Waals surface area contributed by atoms with Crippen molar-refractivity contribution in [1.82, 2.24) is 0 Å². The molecule has 0 aromatic rings. The number of hydrogen-bond acceptors (Lipinski definition) is 3. The van der Waals surface area contributed by atoms with E-state index in [-0.39, 0.29) is 19.4 Å². The largest absolute Gasteiger partial charge is 0.480 e. The zero-order chi connectivity index (χ0) is 11.9. The first-order valence-corrected chi connectivity index (χ1v) is 5.06. The van der Waals surface area contributed by atoms with Gasteiger partial charge in [-0.2, -0.15) is 0 Å². The molecule has 0 aromatic carbocycles. The highest BCUT2D eigenvalue weighted by Gasteiger charge is 2.45. The van der Waals surface area contributed by atoms with Gasteiger partial charge in [-0.3, -0.25) is 9.59 Å². The second kappa shape index (κ2) is 6.22. The molecule has 0 heterocycles. The number of allylic oxidation sites excluding steroid dienone is 1. The van der Waals surface area contributed by atoms with Gasteiger partial charge in [0.05, 0.1) is 6.61 Å². The first-order valence-electron chi connectivity index (χ1n) is 5.06. The van der Waals surface area contributed by atoms with Crippen LogP contribution in [-0.2, 0) is 14.3 Å². The Morgan fingerprint density at radius 1 is 1.47 bits per heavy atom. The highest BCUT2D eigenvalue weighted by Crippen LogP contribution is 2.30. The fraction of sp³-hybridized carbons (Fsp3) is 0.636. The molecule has 0 amide bonds. The predicted molar refractivity (Wildman–Crippen MR) is 56.4 cm³/mol. The lowest BCUT2D eigenvalue weighted by atomic mass is 9.80. The smallest absolute Gasteiger partial charge is 0.323 e. The van der Waals surface area contributed by atoms with Crippen LogP contribution >= 0.6 is 0 Å². The number of carboxylic acids is 1. The van der Waals surface area contributed by atoms with Crippen LogP contribution < -0.4 is 0 Å². The molecule has 4 heteroatoms. The van der Waals surface area contributed by atoms with Crippen molar-refractivity contribution in [2.45, 2.75) is 33.1 Å². The molecule has 0 radical (unpaired) electrons. The second-order valence-electron chi connectivity index (χ2n) is 3.29. The van der Waals surface area contributed by atoms with E-state index in [0.717, 1.165) is 0 Å². The molecule has 0 rings (SSSR count). The van der Waals surface area contributed by atoms with E-state index in [1.807, 2.05) is 0 Å². The molecule has 1 N–H and O–H groups in total. The molecule has 0 spiro atoms. The molecule has 15 heavy (non-hydrogen) atoms. The summed E-state index contributed by atoms with van der Waals surface area (Å²) in [6, 6.07) is 0. The summed E-state index contributed by atoms with van der Waals surface area (Å²) in [6.45, 7) is 7.05. The van der Waals surface area contributed by atoms with E-state index in [4.69, 9.17) is 9.84 Å². The van der Waals surface area contributed by atoms with E-state index < -0.39 is 17.4 Å². The summed E-state index contributed by atoms with van der Waals surface area (Å²) in [4.78, 5) is 22.7. The van der Waals surface area contributed by atoms with Crippen LogP contribution in [0.4, 0.5) is 0 Å². The minimum absolute atomic E-state index is 0.196. The van der Waals surface area contributed by atoms with Crippen molar-refractivity contribution < 1.29 is 19.4 Å². The lowest BCUT2D eigenvalue weighted by Crippen LogP contribution is -2.40. The van der Waals surface area contributed by atoms with Gasteiger partial charge in [-0.15, -0.1) is 6.58 Å². The van der Waals surface area contributed by atoms with Crippen LogP contribution in [0.25, 0.3) is 0 Å². The standard InChI is InChI=1S/C11H18O4/c1-4-7-8-11(5-2,9(12)13)10(14)15-6-3/h4H,1,5-8H2,2-3H3,(H,12,13). The number of carboxylic acid groups (broad SMARTS) is 1. The summed E-state index contributed by atoms with van der Waals surface area (Å²) < 4.78 is 4.80. The quantitative estimate of drug-likeness (QED) is 0.400. The number of ether oxygens (including phenoxy) is 1. The predicted octanol–water partition coefficient (Wildman–Crippen LogP) is 2.00. The van der Waals surface area contributed by atoms with Gasteiger partial charge in [0, 0.05) is 0 Å². The van der Waals surface area contributed by atoms with Crippen LogP contribution in [0.3, 0.4) is 0 Å². The van der Waals surface area contributed by atoms with Gasteiger partial charge in [0.15, 0.2) is 5.41 Å². The fourth-order valence-corrected chi connectivity index (χ4v) is 1.39. The van der Waals surface area contributed by atoms with Crippen molar-refractivity contribution >= 4 is 11.9 Å². The summed E-state index contributed by atoms with van der Waals surface area (Å²) in [5, 5.41) is 9.11. The van der Waals surface area contributed by atoms with Gasteiger partial charge >= 0.3 is 11.9 Å². The van der Waals surface area contributed by atoms with Crippen molar-refractivity contribution in [1.29, 1.82) is 0 Å². The molecule has 0 bridgehead atoms. The van der Waals surface area contributed by atoms with E-state index in [0.29, 0.717) is 6.42 Å². The zero-order valence-corrected chi connectivity index (χ0v) is 9.28. The number of aliphatic carboxylic acids is 1.